The van der Waals surface area contributed by atoms with Crippen molar-refractivity contribution in [1.82, 2.24) is 4.90 Å². The number of carbonyl (C=O) groups is 1. The van der Waals surface area contributed by atoms with Crippen LogP contribution in [0.1, 0.15) is 17.2 Å². The minimum atomic E-state index is -0.586. The van der Waals surface area contributed by atoms with Crippen molar-refractivity contribution in [3.63, 3.8) is 0 Å². The van der Waals surface area contributed by atoms with Crippen molar-refractivity contribution in [3.05, 3.63) is 71.8 Å². The van der Waals surface area contributed by atoms with Crippen LogP contribution in [0, 0.1) is 0 Å². The largest absolute Gasteiger partial charge is 0.344 e. The van der Waals surface area contributed by atoms with Gasteiger partial charge in [-0.3, -0.25) is 4.79 Å². The quantitative estimate of drug-likeness (QED) is 0.905. The van der Waals surface area contributed by atoms with Gasteiger partial charge in [-0.25, -0.2) is 0 Å². The van der Waals surface area contributed by atoms with Gasteiger partial charge in [0.25, 0.3) is 0 Å². The van der Waals surface area contributed by atoms with Crippen LogP contribution in [0.25, 0.3) is 0 Å². The maximum absolute atomic E-state index is 12.3. The molecule has 20 heavy (non-hydrogen) atoms. The molecule has 0 radical (unpaired) electrons. The third kappa shape index (κ3) is 3.68. The molecule has 1 atom stereocenters. The van der Waals surface area contributed by atoms with Gasteiger partial charge < -0.3 is 10.6 Å². The van der Waals surface area contributed by atoms with E-state index in [-0.39, 0.29) is 5.91 Å². The molecule has 0 aliphatic rings. The molecule has 2 aromatic carbocycles. The molecule has 1 amide bonds. The lowest BCUT2D eigenvalue weighted by Crippen LogP contribution is -2.37. The van der Waals surface area contributed by atoms with Crippen LogP contribution in [0.3, 0.4) is 0 Å². The second kappa shape index (κ2) is 6.87. The maximum Gasteiger partial charge on any atom is 0.243 e. The lowest BCUT2D eigenvalue weighted by molar-refractivity contribution is -0.131. The summed E-state index contributed by atoms with van der Waals surface area (Å²) in [5.41, 5.74) is 8.09. The first kappa shape index (κ1) is 14.3. The van der Waals surface area contributed by atoms with Gasteiger partial charge in [-0.1, -0.05) is 60.7 Å². The van der Waals surface area contributed by atoms with Crippen LogP contribution in [-0.2, 0) is 11.2 Å². The number of amides is 1. The monoisotopic (exact) mass is 268 g/mol. The Kier molecular flexibility index (Phi) is 4.91. The molecule has 2 aromatic rings. The fraction of sp³-hybridized carbons (Fsp3) is 0.235. The van der Waals surface area contributed by atoms with Gasteiger partial charge in [0.15, 0.2) is 0 Å². The Hall–Kier alpha value is -2.13. The van der Waals surface area contributed by atoms with E-state index in [2.05, 4.69) is 12.1 Å². The van der Waals surface area contributed by atoms with Gasteiger partial charge in [-0.15, -0.1) is 0 Å². The summed E-state index contributed by atoms with van der Waals surface area (Å²) in [6.07, 6.45) is 0.838. The van der Waals surface area contributed by atoms with Crippen molar-refractivity contribution in [2.45, 2.75) is 12.5 Å². The average Bonchev–Trinajstić information content (AvgIpc) is 2.53. The van der Waals surface area contributed by atoms with Gasteiger partial charge >= 0.3 is 0 Å². The molecule has 0 heterocycles. The van der Waals surface area contributed by atoms with E-state index in [4.69, 9.17) is 5.73 Å². The Morgan fingerprint density at radius 3 is 2.20 bits per heavy atom. The molecule has 0 fully saturated rings. The summed E-state index contributed by atoms with van der Waals surface area (Å²) in [4.78, 5) is 14.0. The molecule has 2 N–H and O–H groups in total. The molecular weight excluding hydrogens is 248 g/mol. The highest BCUT2D eigenvalue weighted by Gasteiger charge is 2.19. The molecule has 0 spiro atoms. The topological polar surface area (TPSA) is 46.3 Å². The van der Waals surface area contributed by atoms with Gasteiger partial charge in [0.1, 0.15) is 6.04 Å². The number of likely N-dealkylation sites (N-methyl/N-ethyl adjacent to an activating group) is 1. The molecule has 3 heteroatoms. The number of nitrogens with two attached hydrogens (primary N) is 1. The Morgan fingerprint density at radius 2 is 1.60 bits per heavy atom. The van der Waals surface area contributed by atoms with Crippen molar-refractivity contribution in [3.8, 4) is 0 Å². The van der Waals surface area contributed by atoms with E-state index in [0.29, 0.717) is 6.54 Å². The average molecular weight is 268 g/mol. The summed E-state index contributed by atoms with van der Waals surface area (Å²) >= 11 is 0. The van der Waals surface area contributed by atoms with Crippen molar-refractivity contribution >= 4 is 5.91 Å². The van der Waals surface area contributed by atoms with Gasteiger partial charge in [0, 0.05) is 13.6 Å². The second-order valence-electron chi connectivity index (χ2n) is 4.88. The van der Waals surface area contributed by atoms with Crippen molar-refractivity contribution in [2.75, 3.05) is 13.6 Å². The van der Waals surface area contributed by atoms with E-state index < -0.39 is 6.04 Å². The highest BCUT2D eigenvalue weighted by Crippen LogP contribution is 2.12. The Labute approximate surface area is 120 Å². The van der Waals surface area contributed by atoms with E-state index in [0.717, 1.165) is 12.0 Å². The van der Waals surface area contributed by atoms with Gasteiger partial charge in [0.05, 0.1) is 0 Å². The van der Waals surface area contributed by atoms with Crippen LogP contribution >= 0.6 is 0 Å². The molecule has 0 aliphatic heterocycles. The summed E-state index contributed by atoms with van der Waals surface area (Å²) in [5, 5.41) is 0. The third-order valence-electron chi connectivity index (χ3n) is 3.38. The molecule has 0 bridgehead atoms. The molecule has 104 valence electrons. The van der Waals surface area contributed by atoms with Crippen molar-refractivity contribution in [2.24, 2.45) is 5.73 Å². The summed E-state index contributed by atoms with van der Waals surface area (Å²) in [5.74, 6) is -0.0490. The normalized spacial score (nSPS) is 11.9. The highest BCUT2D eigenvalue weighted by molar-refractivity contribution is 5.82. The van der Waals surface area contributed by atoms with Gasteiger partial charge in [0.2, 0.25) is 5.91 Å². The molecule has 0 saturated carbocycles. The molecule has 0 aromatic heterocycles. The van der Waals surface area contributed by atoms with Crippen molar-refractivity contribution < 1.29 is 4.79 Å². The molecule has 0 unspecified atom stereocenters. The SMILES string of the molecule is CN(CCc1ccccc1)C(=O)[C@H](N)c1ccccc1. The van der Waals surface area contributed by atoms with Crippen LogP contribution in [0.15, 0.2) is 60.7 Å². The number of hydrogen-bond acceptors (Lipinski definition) is 2. The lowest BCUT2D eigenvalue weighted by Gasteiger charge is -2.21. The maximum atomic E-state index is 12.3. The molecular formula is C17H20N2O. The molecule has 2 rings (SSSR count). The number of rotatable bonds is 5. The zero-order chi connectivity index (χ0) is 14.4. The minimum absolute atomic E-state index is 0.0490. The first-order valence-electron chi connectivity index (χ1n) is 6.78. The first-order valence-corrected chi connectivity index (χ1v) is 6.78. The van der Waals surface area contributed by atoms with E-state index in [1.807, 2.05) is 48.5 Å². The third-order valence-corrected chi connectivity index (χ3v) is 3.38. The number of hydrogen-bond donors (Lipinski definition) is 1. The van der Waals surface area contributed by atoms with Gasteiger partial charge in [-0.2, -0.15) is 0 Å². The minimum Gasteiger partial charge on any atom is -0.344 e. The highest BCUT2D eigenvalue weighted by atomic mass is 16.2. The second-order valence-corrected chi connectivity index (χ2v) is 4.88. The van der Waals surface area contributed by atoms with Crippen LogP contribution in [-0.4, -0.2) is 24.4 Å². The van der Waals surface area contributed by atoms with E-state index in [9.17, 15) is 4.79 Å². The predicted octanol–water partition coefficient (Wildman–Crippen LogP) is 2.39. The molecule has 0 aliphatic carbocycles. The number of nitrogens with zero attached hydrogens (tertiary/aromatic N) is 1. The first-order chi connectivity index (χ1) is 9.68. The molecule has 0 saturated heterocycles. The Bertz CT molecular complexity index is 539. The smallest absolute Gasteiger partial charge is 0.243 e. The summed E-state index contributed by atoms with van der Waals surface area (Å²) in [6.45, 7) is 0.670. The summed E-state index contributed by atoms with van der Waals surface area (Å²) in [7, 11) is 1.80. The van der Waals surface area contributed by atoms with E-state index >= 15 is 0 Å². The number of carbonyl (C=O) groups excluding carboxylic acids is 1. The van der Waals surface area contributed by atoms with E-state index in [1.165, 1.54) is 5.56 Å². The predicted molar refractivity (Wildman–Crippen MR) is 81.2 cm³/mol. The zero-order valence-corrected chi connectivity index (χ0v) is 11.7. The lowest BCUT2D eigenvalue weighted by atomic mass is 10.1. The summed E-state index contributed by atoms with van der Waals surface area (Å²) < 4.78 is 0. The van der Waals surface area contributed by atoms with Crippen LogP contribution in [0.4, 0.5) is 0 Å². The van der Waals surface area contributed by atoms with Crippen LogP contribution in [0.5, 0.6) is 0 Å². The fourth-order valence-electron chi connectivity index (χ4n) is 2.09. The van der Waals surface area contributed by atoms with E-state index in [1.54, 1.807) is 11.9 Å². The number of benzene rings is 2. The molecule has 3 nitrogen and oxygen atoms in total. The van der Waals surface area contributed by atoms with Crippen LogP contribution in [0.2, 0.25) is 0 Å². The van der Waals surface area contributed by atoms with Gasteiger partial charge in [-0.05, 0) is 17.5 Å². The standard InChI is InChI=1S/C17H20N2O/c1-19(13-12-14-8-4-2-5-9-14)17(20)16(18)15-10-6-3-7-11-15/h2-11,16H,12-13,18H2,1H3/t16-/m1/s1. The Morgan fingerprint density at radius 1 is 1.05 bits per heavy atom. The van der Waals surface area contributed by atoms with Crippen molar-refractivity contribution in [1.29, 1.82) is 0 Å². The fourth-order valence-corrected chi connectivity index (χ4v) is 2.09. The zero-order valence-electron chi connectivity index (χ0n) is 11.7. The van der Waals surface area contributed by atoms with Crippen LogP contribution < -0.4 is 5.73 Å². The Balaban J connectivity index is 1.92. The summed E-state index contributed by atoms with van der Waals surface area (Å²) in [6, 6.07) is 19.0.